The number of phenolic OH excluding ortho intramolecular Hbond substituents is 2. The molecule has 4 N–H and O–H groups in total. The Morgan fingerprint density at radius 1 is 1.26 bits per heavy atom. The highest BCUT2D eigenvalue weighted by molar-refractivity contribution is 6.02. The molecule has 1 aromatic carbocycles. The molecule has 7 nitrogen and oxygen atoms in total. The van der Waals surface area contributed by atoms with E-state index in [4.69, 9.17) is 4.74 Å². The minimum atomic E-state index is -1.52. The smallest absolute Gasteiger partial charge is 0.331 e. The first-order valence-electron chi connectivity index (χ1n) is 5.61. The lowest BCUT2D eigenvalue weighted by atomic mass is 9.98. The SMILES string of the molecule is O=C(NC1(C(=O)O)CCOC1)c1c(O)cccc1O. The fraction of sp³-hybridized carbons (Fsp3) is 0.333. The van der Waals surface area contributed by atoms with Crippen molar-refractivity contribution in [1.82, 2.24) is 5.32 Å². The average Bonchev–Trinajstić information content (AvgIpc) is 2.78. The monoisotopic (exact) mass is 267 g/mol. The van der Waals surface area contributed by atoms with E-state index in [2.05, 4.69) is 5.32 Å². The summed E-state index contributed by atoms with van der Waals surface area (Å²) in [5.74, 6) is -2.91. The fourth-order valence-electron chi connectivity index (χ4n) is 1.93. The first-order valence-corrected chi connectivity index (χ1v) is 5.61. The number of carboxylic acids is 1. The highest BCUT2D eigenvalue weighted by atomic mass is 16.5. The molecule has 1 aliphatic rings. The second kappa shape index (κ2) is 4.77. The summed E-state index contributed by atoms with van der Waals surface area (Å²) >= 11 is 0. The van der Waals surface area contributed by atoms with Crippen molar-refractivity contribution in [2.24, 2.45) is 0 Å². The minimum absolute atomic E-state index is 0.127. The lowest BCUT2D eigenvalue weighted by Gasteiger charge is -2.24. The summed E-state index contributed by atoms with van der Waals surface area (Å²) in [5, 5.41) is 30.6. The summed E-state index contributed by atoms with van der Waals surface area (Å²) < 4.78 is 5.00. The maximum absolute atomic E-state index is 12.0. The molecule has 0 aromatic heterocycles. The van der Waals surface area contributed by atoms with Gasteiger partial charge in [0.25, 0.3) is 5.91 Å². The highest BCUT2D eigenvalue weighted by Crippen LogP contribution is 2.28. The number of carboxylic acid groups (broad SMARTS) is 1. The first kappa shape index (κ1) is 13.2. The van der Waals surface area contributed by atoms with Crippen molar-refractivity contribution < 1.29 is 29.6 Å². The van der Waals surface area contributed by atoms with Crippen LogP contribution in [-0.2, 0) is 9.53 Å². The van der Waals surface area contributed by atoms with Crippen LogP contribution in [0, 0.1) is 0 Å². The van der Waals surface area contributed by atoms with Crippen LogP contribution >= 0.6 is 0 Å². The molecule has 0 radical (unpaired) electrons. The van der Waals surface area contributed by atoms with Crippen LogP contribution in [0.15, 0.2) is 18.2 Å². The van der Waals surface area contributed by atoms with Gasteiger partial charge in [-0.2, -0.15) is 0 Å². The third-order valence-corrected chi connectivity index (χ3v) is 3.03. The van der Waals surface area contributed by atoms with Gasteiger partial charge in [-0.05, 0) is 12.1 Å². The van der Waals surface area contributed by atoms with Crippen molar-refractivity contribution in [3.8, 4) is 11.5 Å². The van der Waals surface area contributed by atoms with E-state index in [1.54, 1.807) is 0 Å². The lowest BCUT2D eigenvalue weighted by molar-refractivity contribution is -0.144. The number of carbonyl (C=O) groups excluding carboxylic acids is 1. The summed E-state index contributed by atoms with van der Waals surface area (Å²) in [4.78, 5) is 23.2. The zero-order chi connectivity index (χ0) is 14.0. The van der Waals surface area contributed by atoms with Gasteiger partial charge in [0.1, 0.15) is 17.1 Å². The van der Waals surface area contributed by atoms with E-state index >= 15 is 0 Å². The van der Waals surface area contributed by atoms with E-state index in [-0.39, 0.29) is 25.2 Å². The van der Waals surface area contributed by atoms with E-state index in [0.717, 1.165) is 0 Å². The molecule has 1 aliphatic heterocycles. The molecule has 1 heterocycles. The molecule has 102 valence electrons. The van der Waals surface area contributed by atoms with E-state index in [9.17, 15) is 24.9 Å². The standard InChI is InChI=1S/C12H13NO6/c14-7-2-1-3-8(15)9(7)10(16)13-12(11(17)18)4-5-19-6-12/h1-3,14-15H,4-6H2,(H,13,16)(H,17,18). The van der Waals surface area contributed by atoms with Crippen molar-refractivity contribution in [2.75, 3.05) is 13.2 Å². The number of hydrogen-bond donors (Lipinski definition) is 4. The second-order valence-electron chi connectivity index (χ2n) is 4.32. The Labute approximate surface area is 108 Å². The Kier molecular flexibility index (Phi) is 3.30. The maximum Gasteiger partial charge on any atom is 0.331 e. The number of hydrogen-bond acceptors (Lipinski definition) is 5. The molecule has 19 heavy (non-hydrogen) atoms. The highest BCUT2D eigenvalue weighted by Gasteiger charge is 2.44. The van der Waals surface area contributed by atoms with Crippen LogP contribution in [0.2, 0.25) is 0 Å². The van der Waals surface area contributed by atoms with Gasteiger partial charge in [-0.3, -0.25) is 4.79 Å². The predicted molar refractivity (Wildman–Crippen MR) is 63.0 cm³/mol. The van der Waals surface area contributed by atoms with Crippen LogP contribution in [0.5, 0.6) is 11.5 Å². The van der Waals surface area contributed by atoms with Gasteiger partial charge in [0.05, 0.1) is 6.61 Å². The van der Waals surface area contributed by atoms with Crippen molar-refractivity contribution in [3.05, 3.63) is 23.8 Å². The largest absolute Gasteiger partial charge is 0.507 e. The summed E-state index contributed by atoms with van der Waals surface area (Å²) in [5.41, 5.74) is -1.87. The number of phenols is 2. The van der Waals surface area contributed by atoms with E-state index in [0.29, 0.717) is 0 Å². The zero-order valence-corrected chi connectivity index (χ0v) is 9.92. The number of amides is 1. The predicted octanol–water partition coefficient (Wildman–Crippen LogP) is 0.0713. The summed E-state index contributed by atoms with van der Waals surface area (Å²) in [6, 6.07) is 3.83. The Morgan fingerprint density at radius 3 is 2.37 bits per heavy atom. The van der Waals surface area contributed by atoms with E-state index < -0.39 is 28.9 Å². The molecule has 1 unspecified atom stereocenters. The molecule has 0 saturated carbocycles. The summed E-state index contributed by atoms with van der Waals surface area (Å²) in [7, 11) is 0. The van der Waals surface area contributed by atoms with Gasteiger partial charge in [0.15, 0.2) is 5.54 Å². The molecule has 7 heteroatoms. The third-order valence-electron chi connectivity index (χ3n) is 3.03. The molecule has 1 fully saturated rings. The Balaban J connectivity index is 2.28. The molecule has 1 saturated heterocycles. The van der Waals surface area contributed by atoms with Crippen molar-refractivity contribution in [1.29, 1.82) is 0 Å². The van der Waals surface area contributed by atoms with Crippen molar-refractivity contribution in [3.63, 3.8) is 0 Å². The van der Waals surface area contributed by atoms with Gasteiger partial charge in [-0.25, -0.2) is 4.79 Å². The lowest BCUT2D eigenvalue weighted by Crippen LogP contribution is -2.55. The second-order valence-corrected chi connectivity index (χ2v) is 4.32. The number of aliphatic carboxylic acids is 1. The summed E-state index contributed by atoms with van der Waals surface area (Å²) in [6.45, 7) is 0.0712. The average molecular weight is 267 g/mol. The topological polar surface area (TPSA) is 116 Å². The van der Waals surface area contributed by atoms with Crippen LogP contribution in [0.1, 0.15) is 16.8 Å². The molecule has 1 atom stereocenters. The number of nitrogens with one attached hydrogen (secondary N) is 1. The van der Waals surface area contributed by atoms with Gasteiger partial charge in [-0.15, -0.1) is 0 Å². The zero-order valence-electron chi connectivity index (χ0n) is 9.92. The van der Waals surface area contributed by atoms with Crippen molar-refractivity contribution in [2.45, 2.75) is 12.0 Å². The van der Waals surface area contributed by atoms with E-state index in [1.165, 1.54) is 18.2 Å². The van der Waals surface area contributed by atoms with Crippen LogP contribution in [0.3, 0.4) is 0 Å². The Bertz CT molecular complexity index is 501. The molecule has 1 amide bonds. The molecule has 0 aliphatic carbocycles. The summed E-state index contributed by atoms with van der Waals surface area (Å²) in [6.07, 6.45) is 0.127. The normalized spacial score (nSPS) is 22.1. The van der Waals surface area contributed by atoms with Gasteiger partial charge >= 0.3 is 5.97 Å². The Hall–Kier alpha value is -2.28. The molecular weight excluding hydrogens is 254 g/mol. The number of carbonyl (C=O) groups is 2. The fourth-order valence-corrected chi connectivity index (χ4v) is 1.93. The van der Waals surface area contributed by atoms with Crippen LogP contribution in [-0.4, -0.2) is 45.9 Å². The number of ether oxygens (including phenoxy) is 1. The van der Waals surface area contributed by atoms with Crippen LogP contribution in [0.25, 0.3) is 0 Å². The quantitative estimate of drug-likeness (QED) is 0.616. The number of benzene rings is 1. The van der Waals surface area contributed by atoms with Crippen molar-refractivity contribution >= 4 is 11.9 Å². The third kappa shape index (κ3) is 2.32. The van der Waals surface area contributed by atoms with Gasteiger partial charge in [0, 0.05) is 13.0 Å². The molecular formula is C12H13NO6. The number of rotatable bonds is 3. The van der Waals surface area contributed by atoms with Crippen LogP contribution < -0.4 is 5.32 Å². The molecule has 1 aromatic rings. The Morgan fingerprint density at radius 2 is 1.89 bits per heavy atom. The van der Waals surface area contributed by atoms with Gasteiger partial charge in [-0.1, -0.05) is 6.07 Å². The number of aromatic hydroxyl groups is 2. The van der Waals surface area contributed by atoms with Gasteiger partial charge < -0.3 is 25.4 Å². The maximum atomic E-state index is 12.0. The minimum Gasteiger partial charge on any atom is -0.507 e. The van der Waals surface area contributed by atoms with E-state index in [1.807, 2.05) is 0 Å². The first-order chi connectivity index (χ1) is 8.96. The van der Waals surface area contributed by atoms with Gasteiger partial charge in [0.2, 0.25) is 0 Å². The molecule has 2 rings (SSSR count). The van der Waals surface area contributed by atoms with Crippen LogP contribution in [0.4, 0.5) is 0 Å². The molecule has 0 bridgehead atoms. The molecule has 0 spiro atoms.